The first kappa shape index (κ1) is 9.72. The molecule has 1 aliphatic heterocycles. The summed E-state index contributed by atoms with van der Waals surface area (Å²) in [6, 6.07) is 13.1. The van der Waals surface area contributed by atoms with Gasteiger partial charge in [-0.15, -0.1) is 0 Å². The molecule has 1 nitrogen and oxygen atoms in total. The van der Waals surface area contributed by atoms with Crippen LogP contribution in [0.15, 0.2) is 60.8 Å². The van der Waals surface area contributed by atoms with Crippen LogP contribution in [0, 0.1) is 0 Å². The van der Waals surface area contributed by atoms with Gasteiger partial charge in [-0.2, -0.15) is 0 Å². The van der Waals surface area contributed by atoms with Crippen molar-refractivity contribution in [3.05, 3.63) is 66.5 Å². The van der Waals surface area contributed by atoms with Crippen molar-refractivity contribution in [1.29, 1.82) is 0 Å². The summed E-state index contributed by atoms with van der Waals surface area (Å²) in [6.45, 7) is 0.952. The van der Waals surface area contributed by atoms with Crippen LogP contribution in [-0.4, -0.2) is 4.57 Å². The van der Waals surface area contributed by atoms with Gasteiger partial charge in [-0.05, 0) is 29.0 Å². The molecule has 0 N–H and O–H groups in total. The maximum absolute atomic E-state index is 2.31. The van der Waals surface area contributed by atoms with Crippen LogP contribution in [0.5, 0.6) is 0 Å². The van der Waals surface area contributed by atoms with Gasteiger partial charge in [0.25, 0.3) is 0 Å². The molecule has 0 radical (unpaired) electrons. The quantitative estimate of drug-likeness (QED) is 0.541. The van der Waals surface area contributed by atoms with Crippen molar-refractivity contribution in [3.63, 3.8) is 0 Å². The van der Waals surface area contributed by atoms with E-state index in [1.807, 2.05) is 0 Å². The van der Waals surface area contributed by atoms with E-state index >= 15 is 0 Å². The Kier molecular flexibility index (Phi) is 1.95. The number of hydrogen-bond donors (Lipinski definition) is 0. The van der Waals surface area contributed by atoms with Gasteiger partial charge in [-0.25, -0.2) is 0 Å². The molecule has 0 saturated heterocycles. The van der Waals surface area contributed by atoms with Crippen molar-refractivity contribution >= 4 is 27.6 Å². The second-order valence-corrected chi connectivity index (χ2v) is 4.74. The number of benzene rings is 2. The predicted octanol–water partition coefficient (Wildman–Crippen LogP) is 4.38. The summed E-state index contributed by atoms with van der Waals surface area (Å²) in [5.41, 5.74) is 1.31. The second kappa shape index (κ2) is 3.61. The predicted molar refractivity (Wildman–Crippen MR) is 77.6 cm³/mol. The minimum absolute atomic E-state index is 0.952. The van der Waals surface area contributed by atoms with E-state index in [9.17, 15) is 0 Å². The van der Waals surface area contributed by atoms with Gasteiger partial charge in [0, 0.05) is 29.2 Å². The van der Waals surface area contributed by atoms with Crippen LogP contribution in [0.25, 0.3) is 27.6 Å². The normalized spacial score (nSPS) is 14.0. The summed E-state index contributed by atoms with van der Waals surface area (Å²) in [5, 5.41) is 5.28. The Morgan fingerprint density at radius 1 is 0.889 bits per heavy atom. The molecule has 86 valence electrons. The van der Waals surface area contributed by atoms with Crippen molar-refractivity contribution in [3.8, 4) is 0 Å². The molecule has 3 aromatic rings. The highest BCUT2D eigenvalue weighted by Crippen LogP contribution is 2.28. The van der Waals surface area contributed by atoms with Crippen molar-refractivity contribution in [2.75, 3.05) is 0 Å². The third-order valence-electron chi connectivity index (χ3n) is 3.60. The highest BCUT2D eigenvalue weighted by Gasteiger charge is 2.08. The fraction of sp³-hybridized carbons (Fsp3) is 0.0588. The Balaban J connectivity index is 2.12. The zero-order valence-corrected chi connectivity index (χ0v) is 10.0. The summed E-state index contributed by atoms with van der Waals surface area (Å²) in [6.07, 6.45) is 10.9. The second-order valence-electron chi connectivity index (χ2n) is 4.74. The average molecular weight is 231 g/mol. The number of rotatable bonds is 0. The highest BCUT2D eigenvalue weighted by atomic mass is 15.0. The lowest BCUT2D eigenvalue weighted by Crippen LogP contribution is -1.93. The molecule has 1 aliphatic rings. The molecule has 0 bridgehead atoms. The van der Waals surface area contributed by atoms with Crippen molar-refractivity contribution in [2.24, 2.45) is 0 Å². The molecule has 1 aromatic heterocycles. The van der Waals surface area contributed by atoms with Crippen molar-refractivity contribution in [2.45, 2.75) is 6.54 Å². The summed E-state index contributed by atoms with van der Waals surface area (Å²) >= 11 is 0. The lowest BCUT2D eigenvalue weighted by molar-refractivity contribution is 0.828. The van der Waals surface area contributed by atoms with E-state index in [-0.39, 0.29) is 0 Å². The first-order valence-corrected chi connectivity index (χ1v) is 6.27. The van der Waals surface area contributed by atoms with E-state index in [1.54, 1.807) is 0 Å². The molecule has 18 heavy (non-hydrogen) atoms. The molecule has 2 aromatic carbocycles. The Bertz CT molecular complexity index is 803. The summed E-state index contributed by atoms with van der Waals surface area (Å²) in [5.74, 6) is 0. The van der Waals surface area contributed by atoms with Crippen LogP contribution < -0.4 is 0 Å². The van der Waals surface area contributed by atoms with Gasteiger partial charge in [0.1, 0.15) is 0 Å². The molecule has 0 aliphatic carbocycles. The van der Waals surface area contributed by atoms with Crippen LogP contribution in [0.2, 0.25) is 0 Å². The fourth-order valence-corrected chi connectivity index (χ4v) is 2.71. The van der Waals surface area contributed by atoms with Crippen LogP contribution in [-0.2, 0) is 6.54 Å². The van der Waals surface area contributed by atoms with E-state index in [4.69, 9.17) is 0 Å². The van der Waals surface area contributed by atoms with Gasteiger partial charge in [0.05, 0.1) is 0 Å². The molecule has 0 saturated carbocycles. The monoisotopic (exact) mass is 231 g/mol. The van der Waals surface area contributed by atoms with E-state index in [0.717, 1.165) is 6.54 Å². The van der Waals surface area contributed by atoms with Gasteiger partial charge < -0.3 is 4.57 Å². The number of nitrogens with zero attached hydrogens (tertiary/aromatic N) is 1. The molecule has 0 fully saturated rings. The van der Waals surface area contributed by atoms with Crippen molar-refractivity contribution in [1.82, 2.24) is 4.57 Å². The van der Waals surface area contributed by atoms with E-state index in [2.05, 4.69) is 71.5 Å². The molecule has 2 heterocycles. The summed E-state index contributed by atoms with van der Waals surface area (Å²) in [4.78, 5) is 0. The Morgan fingerprint density at radius 2 is 1.72 bits per heavy atom. The third kappa shape index (κ3) is 1.34. The summed E-state index contributed by atoms with van der Waals surface area (Å²) in [7, 11) is 0. The standard InChI is InChI=1S/C17H13N/c1-2-8-17-16-11-14-7-4-3-6-13(14)10-15(16)12-18(17)9-5-1/h1-8,10-12H,9H2. The smallest absolute Gasteiger partial charge is 0.0489 e. The first-order chi connectivity index (χ1) is 8.92. The Morgan fingerprint density at radius 3 is 2.61 bits per heavy atom. The van der Waals surface area contributed by atoms with E-state index in [0.29, 0.717) is 0 Å². The molecule has 4 rings (SSSR count). The molecule has 0 spiro atoms. The molecular formula is C17H13N. The van der Waals surface area contributed by atoms with Crippen LogP contribution >= 0.6 is 0 Å². The van der Waals surface area contributed by atoms with Crippen molar-refractivity contribution < 1.29 is 0 Å². The highest BCUT2D eigenvalue weighted by molar-refractivity contribution is 6.01. The van der Waals surface area contributed by atoms with Crippen LogP contribution in [0.4, 0.5) is 0 Å². The van der Waals surface area contributed by atoms with Gasteiger partial charge >= 0.3 is 0 Å². The zero-order chi connectivity index (χ0) is 11.9. The minimum atomic E-state index is 0.952. The fourth-order valence-electron chi connectivity index (χ4n) is 2.71. The lowest BCUT2D eigenvalue weighted by atomic mass is 10.1. The molecule has 1 heteroatoms. The minimum Gasteiger partial charge on any atom is -0.343 e. The van der Waals surface area contributed by atoms with Gasteiger partial charge in [0.2, 0.25) is 0 Å². The number of allylic oxidation sites excluding steroid dienone is 3. The topological polar surface area (TPSA) is 4.93 Å². The van der Waals surface area contributed by atoms with Gasteiger partial charge in [0.15, 0.2) is 0 Å². The Hall–Kier alpha value is -2.28. The molecule has 0 unspecified atom stereocenters. The maximum Gasteiger partial charge on any atom is 0.0489 e. The third-order valence-corrected chi connectivity index (χ3v) is 3.60. The Labute approximate surface area is 106 Å². The van der Waals surface area contributed by atoms with Gasteiger partial charge in [-0.3, -0.25) is 0 Å². The molecular weight excluding hydrogens is 218 g/mol. The summed E-state index contributed by atoms with van der Waals surface area (Å²) < 4.78 is 2.31. The first-order valence-electron chi connectivity index (χ1n) is 6.27. The SMILES string of the molecule is C1=CCn2cc3cc4ccccc4cc3c2C=C1. The van der Waals surface area contributed by atoms with E-state index in [1.165, 1.54) is 27.2 Å². The maximum atomic E-state index is 2.31. The van der Waals surface area contributed by atoms with Crippen LogP contribution in [0.1, 0.15) is 5.69 Å². The molecule has 0 atom stereocenters. The zero-order valence-electron chi connectivity index (χ0n) is 10.0. The largest absolute Gasteiger partial charge is 0.343 e. The number of hydrogen-bond acceptors (Lipinski definition) is 0. The lowest BCUT2D eigenvalue weighted by Gasteiger charge is -2.01. The number of aromatic nitrogens is 1. The van der Waals surface area contributed by atoms with Gasteiger partial charge in [-0.1, -0.05) is 42.5 Å². The average Bonchev–Trinajstić information content (AvgIpc) is 2.59. The van der Waals surface area contributed by atoms with Crippen LogP contribution in [0.3, 0.4) is 0 Å². The van der Waals surface area contributed by atoms with E-state index < -0.39 is 0 Å². The molecule has 0 amide bonds. The number of fused-ring (bicyclic) bond motifs is 4.